The number of hydrogen-bond acceptors (Lipinski definition) is 4. The van der Waals surface area contributed by atoms with E-state index in [1.54, 1.807) is 12.0 Å². The largest absolute Gasteiger partial charge is 0.493 e. The Morgan fingerprint density at radius 2 is 1.77 bits per heavy atom. The molecule has 0 bridgehead atoms. The third-order valence-corrected chi connectivity index (χ3v) is 6.10. The summed E-state index contributed by atoms with van der Waals surface area (Å²) in [6.45, 7) is 0.613. The third kappa shape index (κ3) is 5.19. The number of hydrogen-bond donors (Lipinski definition) is 1. The lowest BCUT2D eigenvalue weighted by Crippen LogP contribution is -2.43. The predicted octanol–water partition coefficient (Wildman–Crippen LogP) is 4.19. The molecule has 2 aromatic carbocycles. The van der Waals surface area contributed by atoms with Crippen molar-refractivity contribution < 1.29 is 19.1 Å². The lowest BCUT2D eigenvalue weighted by molar-refractivity contribution is -0.136. The Balaban J connectivity index is 1.42. The van der Waals surface area contributed by atoms with Crippen molar-refractivity contribution in [2.75, 3.05) is 19.0 Å². The van der Waals surface area contributed by atoms with Crippen molar-refractivity contribution >= 4 is 17.5 Å². The fourth-order valence-corrected chi connectivity index (χ4v) is 4.47. The number of methoxy groups -OCH3 is 1. The molecule has 0 radical (unpaired) electrons. The van der Waals surface area contributed by atoms with Crippen LogP contribution in [0.2, 0.25) is 0 Å². The molecular weight excluding hydrogens is 392 g/mol. The van der Waals surface area contributed by atoms with Crippen molar-refractivity contribution in [1.82, 2.24) is 4.90 Å². The number of likely N-dealkylation sites (tertiary alicyclic amines) is 1. The van der Waals surface area contributed by atoms with Gasteiger partial charge in [0, 0.05) is 18.3 Å². The van der Waals surface area contributed by atoms with Crippen LogP contribution in [0.4, 0.5) is 5.69 Å². The van der Waals surface area contributed by atoms with Gasteiger partial charge in [0.1, 0.15) is 6.04 Å². The molecule has 2 aliphatic rings. The van der Waals surface area contributed by atoms with E-state index in [-0.39, 0.29) is 17.9 Å². The molecule has 4 rings (SSSR count). The molecule has 31 heavy (non-hydrogen) atoms. The number of anilines is 1. The first-order valence-electron chi connectivity index (χ1n) is 11.1. The molecule has 2 fully saturated rings. The quantitative estimate of drug-likeness (QED) is 0.727. The van der Waals surface area contributed by atoms with Crippen molar-refractivity contribution in [3.8, 4) is 11.5 Å². The molecule has 6 nitrogen and oxygen atoms in total. The molecule has 1 heterocycles. The zero-order chi connectivity index (χ0) is 21.6. The maximum absolute atomic E-state index is 13.0. The van der Waals surface area contributed by atoms with Crippen molar-refractivity contribution in [3.05, 3.63) is 54.1 Å². The van der Waals surface area contributed by atoms with Gasteiger partial charge in [0.2, 0.25) is 11.8 Å². The first-order chi connectivity index (χ1) is 15.1. The SMILES string of the molecule is COc1ccc(NC(=O)C2CCCN2C(=O)Cc2ccccc2)cc1OC1CCCC1. The van der Waals surface area contributed by atoms with E-state index in [9.17, 15) is 9.59 Å². The summed E-state index contributed by atoms with van der Waals surface area (Å²) in [5, 5.41) is 2.98. The Hall–Kier alpha value is -3.02. The smallest absolute Gasteiger partial charge is 0.247 e. The van der Waals surface area contributed by atoms with Gasteiger partial charge in [-0.2, -0.15) is 0 Å². The van der Waals surface area contributed by atoms with Crippen LogP contribution in [0.3, 0.4) is 0 Å². The average Bonchev–Trinajstić information content (AvgIpc) is 3.47. The van der Waals surface area contributed by atoms with E-state index in [2.05, 4.69) is 5.32 Å². The standard InChI is InChI=1S/C25H30N2O4/c1-30-22-14-13-19(17-23(22)31-20-10-5-6-11-20)26-25(29)21-12-7-15-27(21)24(28)16-18-8-3-2-4-9-18/h2-4,8-9,13-14,17,20-21H,5-7,10-12,15-16H2,1H3,(H,26,29). The molecule has 1 saturated heterocycles. The van der Waals surface area contributed by atoms with Crippen LogP contribution < -0.4 is 14.8 Å². The predicted molar refractivity (Wildman–Crippen MR) is 119 cm³/mol. The topological polar surface area (TPSA) is 67.9 Å². The monoisotopic (exact) mass is 422 g/mol. The second-order valence-corrected chi connectivity index (χ2v) is 8.29. The summed E-state index contributed by atoms with van der Waals surface area (Å²) in [5.41, 5.74) is 1.61. The maximum atomic E-state index is 13.0. The summed E-state index contributed by atoms with van der Waals surface area (Å²) in [6.07, 6.45) is 6.45. The van der Waals surface area contributed by atoms with Gasteiger partial charge >= 0.3 is 0 Å². The zero-order valence-corrected chi connectivity index (χ0v) is 18.0. The van der Waals surface area contributed by atoms with E-state index in [1.807, 2.05) is 48.5 Å². The minimum Gasteiger partial charge on any atom is -0.493 e. The number of nitrogens with one attached hydrogen (secondary N) is 1. The van der Waals surface area contributed by atoms with E-state index in [0.717, 1.165) is 24.8 Å². The molecule has 1 atom stereocenters. The van der Waals surface area contributed by atoms with E-state index in [4.69, 9.17) is 9.47 Å². The molecular formula is C25H30N2O4. The lowest BCUT2D eigenvalue weighted by Gasteiger charge is -2.24. The van der Waals surface area contributed by atoms with Gasteiger partial charge in [0.25, 0.3) is 0 Å². The number of amides is 2. The minimum absolute atomic E-state index is 0.0103. The van der Waals surface area contributed by atoms with Crippen molar-refractivity contribution in [2.24, 2.45) is 0 Å². The highest BCUT2D eigenvalue weighted by molar-refractivity contribution is 5.98. The van der Waals surface area contributed by atoms with E-state index < -0.39 is 6.04 Å². The fraction of sp³-hybridized carbons (Fsp3) is 0.440. The van der Waals surface area contributed by atoms with Crippen LogP contribution in [0.25, 0.3) is 0 Å². The highest BCUT2D eigenvalue weighted by atomic mass is 16.5. The lowest BCUT2D eigenvalue weighted by atomic mass is 10.1. The van der Waals surface area contributed by atoms with Crippen LogP contribution in [-0.2, 0) is 16.0 Å². The molecule has 164 valence electrons. The summed E-state index contributed by atoms with van der Waals surface area (Å²) in [4.78, 5) is 27.5. The number of nitrogens with zero attached hydrogens (tertiary/aromatic N) is 1. The highest BCUT2D eigenvalue weighted by Gasteiger charge is 2.34. The third-order valence-electron chi connectivity index (χ3n) is 6.10. The Morgan fingerprint density at radius 3 is 2.52 bits per heavy atom. The Morgan fingerprint density at radius 1 is 1.00 bits per heavy atom. The zero-order valence-electron chi connectivity index (χ0n) is 18.0. The molecule has 1 N–H and O–H groups in total. The first kappa shape index (κ1) is 21.2. The van der Waals surface area contributed by atoms with Gasteiger partial charge in [0.05, 0.1) is 19.6 Å². The highest BCUT2D eigenvalue weighted by Crippen LogP contribution is 2.34. The average molecular weight is 423 g/mol. The number of carbonyl (C=O) groups is 2. The van der Waals surface area contributed by atoms with E-state index in [0.29, 0.717) is 36.6 Å². The van der Waals surface area contributed by atoms with Crippen LogP contribution in [0.5, 0.6) is 11.5 Å². The molecule has 1 aliphatic carbocycles. The number of benzene rings is 2. The summed E-state index contributed by atoms with van der Waals surface area (Å²) < 4.78 is 11.6. The van der Waals surface area contributed by atoms with Gasteiger partial charge in [0.15, 0.2) is 11.5 Å². The Labute approximate surface area is 183 Å². The summed E-state index contributed by atoms with van der Waals surface area (Å²) in [6, 6.07) is 14.6. The fourth-order valence-electron chi connectivity index (χ4n) is 4.47. The summed E-state index contributed by atoms with van der Waals surface area (Å²) >= 11 is 0. The molecule has 0 aromatic heterocycles. The van der Waals surface area contributed by atoms with Gasteiger partial charge in [-0.25, -0.2) is 0 Å². The van der Waals surface area contributed by atoms with Crippen LogP contribution in [-0.4, -0.2) is 42.5 Å². The van der Waals surface area contributed by atoms with Gasteiger partial charge in [-0.3, -0.25) is 9.59 Å². The molecule has 6 heteroatoms. The van der Waals surface area contributed by atoms with E-state index >= 15 is 0 Å². The second kappa shape index (κ2) is 9.86. The van der Waals surface area contributed by atoms with Gasteiger partial charge in [-0.1, -0.05) is 30.3 Å². The summed E-state index contributed by atoms with van der Waals surface area (Å²) in [5.74, 6) is 1.14. The number of rotatable bonds is 7. The van der Waals surface area contributed by atoms with E-state index in [1.165, 1.54) is 12.8 Å². The van der Waals surface area contributed by atoms with Crippen molar-refractivity contribution in [2.45, 2.75) is 57.1 Å². The molecule has 2 aromatic rings. The minimum atomic E-state index is -0.447. The van der Waals surface area contributed by atoms with Gasteiger partial charge in [-0.05, 0) is 56.2 Å². The molecule has 1 aliphatic heterocycles. The number of ether oxygens (including phenoxy) is 2. The van der Waals surface area contributed by atoms with Crippen LogP contribution >= 0.6 is 0 Å². The molecule has 0 spiro atoms. The molecule has 1 unspecified atom stereocenters. The molecule has 1 saturated carbocycles. The normalized spacial score (nSPS) is 18.7. The van der Waals surface area contributed by atoms with Gasteiger partial charge in [-0.15, -0.1) is 0 Å². The second-order valence-electron chi connectivity index (χ2n) is 8.29. The summed E-state index contributed by atoms with van der Waals surface area (Å²) in [7, 11) is 1.61. The molecule has 2 amide bonds. The first-order valence-corrected chi connectivity index (χ1v) is 11.1. The van der Waals surface area contributed by atoms with Crippen molar-refractivity contribution in [3.63, 3.8) is 0 Å². The van der Waals surface area contributed by atoms with Crippen LogP contribution in [0.15, 0.2) is 48.5 Å². The maximum Gasteiger partial charge on any atom is 0.247 e. The van der Waals surface area contributed by atoms with Crippen molar-refractivity contribution in [1.29, 1.82) is 0 Å². The Kier molecular flexibility index (Phi) is 6.75. The number of carbonyl (C=O) groups excluding carboxylic acids is 2. The van der Waals surface area contributed by atoms with Crippen LogP contribution in [0, 0.1) is 0 Å². The Bertz CT molecular complexity index is 909. The van der Waals surface area contributed by atoms with Crippen LogP contribution in [0.1, 0.15) is 44.1 Å². The van der Waals surface area contributed by atoms with Gasteiger partial charge < -0.3 is 19.7 Å².